The molecule has 0 unspecified atom stereocenters. The van der Waals surface area contributed by atoms with Crippen molar-refractivity contribution in [1.29, 1.82) is 0 Å². The Morgan fingerprint density at radius 3 is 2.12 bits per heavy atom. The van der Waals surface area contributed by atoms with Crippen molar-refractivity contribution in [3.05, 3.63) is 0 Å². The molecule has 0 saturated heterocycles. The predicted octanol–water partition coefficient (Wildman–Crippen LogP) is 2.55. The predicted molar refractivity (Wildman–Crippen MR) is 65.4 cm³/mol. The van der Waals surface area contributed by atoms with E-state index in [9.17, 15) is 9.59 Å². The van der Waals surface area contributed by atoms with Gasteiger partial charge in [-0.3, -0.25) is 4.79 Å². The van der Waals surface area contributed by atoms with E-state index in [0.29, 0.717) is 13.1 Å². The van der Waals surface area contributed by atoms with Gasteiger partial charge in [0.15, 0.2) is 0 Å². The molecular weight excluding hydrogens is 220 g/mol. The first-order valence-electron chi connectivity index (χ1n) is 6.22. The molecule has 0 spiro atoms. The summed E-state index contributed by atoms with van der Waals surface area (Å²) in [7, 11) is 0. The van der Waals surface area contributed by atoms with Crippen molar-refractivity contribution in [3.8, 4) is 0 Å². The SMILES string of the molecule is CCCCOC(=O)C(OC=O)(C(C)C)C(C)C. The quantitative estimate of drug-likeness (QED) is 0.374. The first kappa shape index (κ1) is 15.9. The van der Waals surface area contributed by atoms with Gasteiger partial charge in [-0.15, -0.1) is 0 Å². The van der Waals surface area contributed by atoms with Crippen molar-refractivity contribution in [2.45, 2.75) is 53.1 Å². The second kappa shape index (κ2) is 7.30. The largest absolute Gasteiger partial charge is 0.463 e. The highest BCUT2D eigenvalue weighted by Gasteiger charge is 2.48. The van der Waals surface area contributed by atoms with Crippen LogP contribution in [0.3, 0.4) is 0 Å². The third-order valence-corrected chi connectivity index (χ3v) is 3.01. The van der Waals surface area contributed by atoms with Gasteiger partial charge in [-0.1, -0.05) is 41.0 Å². The number of rotatable bonds is 8. The molecular formula is C13H24O4. The Kier molecular flexibility index (Phi) is 6.85. The molecule has 100 valence electrons. The summed E-state index contributed by atoms with van der Waals surface area (Å²) in [4.78, 5) is 22.7. The van der Waals surface area contributed by atoms with Gasteiger partial charge in [-0.2, -0.15) is 0 Å². The van der Waals surface area contributed by atoms with E-state index in [1.54, 1.807) is 0 Å². The molecule has 0 heterocycles. The van der Waals surface area contributed by atoms with Crippen molar-refractivity contribution in [3.63, 3.8) is 0 Å². The van der Waals surface area contributed by atoms with Crippen LogP contribution in [0.5, 0.6) is 0 Å². The average molecular weight is 244 g/mol. The van der Waals surface area contributed by atoms with Gasteiger partial charge in [0.25, 0.3) is 6.47 Å². The zero-order chi connectivity index (χ0) is 13.5. The first-order valence-corrected chi connectivity index (χ1v) is 6.22. The van der Waals surface area contributed by atoms with Gasteiger partial charge in [0.1, 0.15) is 0 Å². The molecule has 0 aliphatic carbocycles. The van der Waals surface area contributed by atoms with Crippen LogP contribution in [-0.2, 0) is 19.1 Å². The fourth-order valence-corrected chi connectivity index (χ4v) is 1.96. The molecule has 0 aromatic carbocycles. The van der Waals surface area contributed by atoms with Gasteiger partial charge in [0.05, 0.1) is 6.61 Å². The molecule has 0 atom stereocenters. The van der Waals surface area contributed by atoms with E-state index in [1.807, 2.05) is 34.6 Å². The van der Waals surface area contributed by atoms with Crippen LogP contribution in [0.15, 0.2) is 0 Å². The minimum absolute atomic E-state index is 0.123. The summed E-state index contributed by atoms with van der Waals surface area (Å²) < 4.78 is 10.3. The number of hydrogen-bond donors (Lipinski definition) is 0. The standard InChI is InChI=1S/C13H24O4/c1-6-7-8-16-12(15)13(10(2)3,11(4)5)17-9-14/h9-11H,6-8H2,1-5H3. The molecule has 0 aromatic heterocycles. The summed E-state index contributed by atoms with van der Waals surface area (Å²) in [5.41, 5.74) is -1.17. The Labute approximate surface area is 104 Å². The zero-order valence-electron chi connectivity index (χ0n) is 11.5. The van der Waals surface area contributed by atoms with Crippen LogP contribution in [0.2, 0.25) is 0 Å². The lowest BCUT2D eigenvalue weighted by Gasteiger charge is -2.36. The van der Waals surface area contributed by atoms with Gasteiger partial charge in [0, 0.05) is 11.8 Å². The van der Waals surface area contributed by atoms with Crippen molar-refractivity contribution in [2.75, 3.05) is 6.61 Å². The first-order chi connectivity index (χ1) is 7.93. The molecule has 4 nitrogen and oxygen atoms in total. The monoisotopic (exact) mass is 244 g/mol. The maximum absolute atomic E-state index is 12.1. The summed E-state index contributed by atoms with van der Waals surface area (Å²) >= 11 is 0. The van der Waals surface area contributed by atoms with Crippen molar-refractivity contribution in [1.82, 2.24) is 0 Å². The van der Waals surface area contributed by atoms with E-state index in [1.165, 1.54) is 0 Å². The maximum Gasteiger partial charge on any atom is 0.351 e. The molecule has 0 aliphatic rings. The van der Waals surface area contributed by atoms with E-state index in [0.717, 1.165) is 12.8 Å². The zero-order valence-corrected chi connectivity index (χ0v) is 11.5. The van der Waals surface area contributed by atoms with E-state index >= 15 is 0 Å². The molecule has 4 heteroatoms. The van der Waals surface area contributed by atoms with Crippen molar-refractivity contribution >= 4 is 12.4 Å². The lowest BCUT2D eigenvalue weighted by molar-refractivity contribution is -0.188. The Bertz CT molecular complexity index is 238. The molecule has 0 saturated carbocycles. The molecule has 0 N–H and O–H groups in total. The highest BCUT2D eigenvalue weighted by atomic mass is 16.6. The third kappa shape index (κ3) is 3.72. The van der Waals surface area contributed by atoms with E-state index in [4.69, 9.17) is 9.47 Å². The lowest BCUT2D eigenvalue weighted by atomic mass is 9.80. The Balaban J connectivity index is 4.87. The van der Waals surface area contributed by atoms with Crippen LogP contribution in [0, 0.1) is 11.8 Å². The number of unbranched alkanes of at least 4 members (excludes halogenated alkanes) is 1. The highest BCUT2D eigenvalue weighted by Crippen LogP contribution is 2.31. The van der Waals surface area contributed by atoms with Crippen LogP contribution in [-0.4, -0.2) is 24.6 Å². The van der Waals surface area contributed by atoms with E-state index < -0.39 is 11.6 Å². The number of carbonyl (C=O) groups is 2. The molecule has 0 amide bonds. The van der Waals surface area contributed by atoms with Gasteiger partial charge < -0.3 is 9.47 Å². The summed E-state index contributed by atoms with van der Waals surface area (Å²) in [5, 5.41) is 0. The molecule has 0 fully saturated rings. The average Bonchev–Trinajstić information content (AvgIpc) is 2.24. The molecule has 17 heavy (non-hydrogen) atoms. The Hall–Kier alpha value is -1.06. The minimum Gasteiger partial charge on any atom is -0.463 e. The molecule has 0 aromatic rings. The highest BCUT2D eigenvalue weighted by molar-refractivity contribution is 5.81. The summed E-state index contributed by atoms with van der Waals surface area (Å²) in [6.07, 6.45) is 1.78. The number of carbonyl (C=O) groups excluding carboxylic acids is 2. The fraction of sp³-hybridized carbons (Fsp3) is 0.846. The fourth-order valence-electron chi connectivity index (χ4n) is 1.96. The Morgan fingerprint density at radius 1 is 1.24 bits per heavy atom. The lowest BCUT2D eigenvalue weighted by Crippen LogP contribution is -2.51. The molecule has 0 aliphatic heterocycles. The summed E-state index contributed by atoms with van der Waals surface area (Å²) in [6.45, 7) is 10.1. The summed E-state index contributed by atoms with van der Waals surface area (Å²) in [6, 6.07) is 0. The minimum atomic E-state index is -1.17. The number of ether oxygens (including phenoxy) is 2. The smallest absolute Gasteiger partial charge is 0.351 e. The number of esters is 1. The van der Waals surface area contributed by atoms with Crippen molar-refractivity contribution in [2.24, 2.45) is 11.8 Å². The second-order valence-corrected chi connectivity index (χ2v) is 4.81. The van der Waals surface area contributed by atoms with E-state index in [2.05, 4.69) is 0 Å². The van der Waals surface area contributed by atoms with Gasteiger partial charge >= 0.3 is 5.97 Å². The van der Waals surface area contributed by atoms with Gasteiger partial charge in [-0.25, -0.2) is 4.79 Å². The van der Waals surface area contributed by atoms with Crippen LogP contribution in [0.4, 0.5) is 0 Å². The van der Waals surface area contributed by atoms with Crippen LogP contribution in [0.1, 0.15) is 47.5 Å². The van der Waals surface area contributed by atoms with Gasteiger partial charge in [0.2, 0.25) is 5.60 Å². The molecule has 0 radical (unpaired) electrons. The maximum atomic E-state index is 12.1. The van der Waals surface area contributed by atoms with Crippen molar-refractivity contribution < 1.29 is 19.1 Å². The second-order valence-electron chi connectivity index (χ2n) is 4.81. The third-order valence-electron chi connectivity index (χ3n) is 3.01. The van der Waals surface area contributed by atoms with Crippen LogP contribution < -0.4 is 0 Å². The summed E-state index contributed by atoms with van der Waals surface area (Å²) in [5.74, 6) is -0.688. The Morgan fingerprint density at radius 2 is 1.76 bits per heavy atom. The van der Waals surface area contributed by atoms with Gasteiger partial charge in [-0.05, 0) is 6.42 Å². The van der Waals surface area contributed by atoms with E-state index in [-0.39, 0.29) is 11.8 Å². The molecule has 0 bridgehead atoms. The normalized spacial score (nSPS) is 11.7. The number of hydrogen-bond acceptors (Lipinski definition) is 4. The molecule has 0 rings (SSSR count). The topological polar surface area (TPSA) is 52.6 Å². The van der Waals surface area contributed by atoms with Crippen LogP contribution in [0.25, 0.3) is 0 Å². The van der Waals surface area contributed by atoms with Crippen LogP contribution >= 0.6 is 0 Å².